The van der Waals surface area contributed by atoms with Gasteiger partial charge < -0.3 is 10.2 Å². The number of benzene rings is 1. The Hall–Kier alpha value is -1.26. The molecule has 21 heavy (non-hydrogen) atoms. The third-order valence-corrected chi connectivity index (χ3v) is 4.10. The zero-order valence-corrected chi connectivity index (χ0v) is 13.8. The van der Waals surface area contributed by atoms with Crippen LogP contribution in [0.1, 0.15) is 38.8 Å². The lowest BCUT2D eigenvalue weighted by molar-refractivity contribution is -0.126. The van der Waals surface area contributed by atoms with Crippen LogP contribution in [0, 0.1) is 5.92 Å². The molecule has 0 aromatic heterocycles. The van der Waals surface area contributed by atoms with E-state index < -0.39 is 6.04 Å². The lowest BCUT2D eigenvalue weighted by atomic mass is 10.1. The van der Waals surface area contributed by atoms with Crippen molar-refractivity contribution in [1.82, 2.24) is 5.32 Å². The van der Waals surface area contributed by atoms with Gasteiger partial charge in [0.1, 0.15) is 6.04 Å². The van der Waals surface area contributed by atoms with Crippen LogP contribution >= 0.6 is 23.2 Å². The van der Waals surface area contributed by atoms with Gasteiger partial charge in [0, 0.05) is 24.1 Å². The molecule has 0 saturated carbocycles. The lowest BCUT2D eigenvalue weighted by Gasteiger charge is -2.20. The van der Waals surface area contributed by atoms with Gasteiger partial charge in [-0.05, 0) is 24.5 Å². The fourth-order valence-electron chi connectivity index (χ4n) is 2.44. The van der Waals surface area contributed by atoms with E-state index >= 15 is 0 Å². The Bertz CT molecular complexity index is 587. The predicted molar refractivity (Wildman–Crippen MR) is 84.8 cm³/mol. The molecule has 1 atom stereocenters. The molecule has 0 bridgehead atoms. The van der Waals surface area contributed by atoms with Crippen LogP contribution in [0.15, 0.2) is 12.1 Å². The van der Waals surface area contributed by atoms with E-state index in [2.05, 4.69) is 19.2 Å². The maximum absolute atomic E-state index is 12.6. The second kappa shape index (κ2) is 6.24. The maximum atomic E-state index is 12.6. The summed E-state index contributed by atoms with van der Waals surface area (Å²) in [5.74, 6) is -0.00377. The summed E-state index contributed by atoms with van der Waals surface area (Å²) in [6.07, 6.45) is 0.848. The molecule has 114 valence electrons. The van der Waals surface area contributed by atoms with Crippen LogP contribution in [0.2, 0.25) is 10.0 Å². The number of fused-ring (bicyclic) bond motifs is 1. The standard InChI is InChI=1S/C15H18Cl2N2O2/c1-8(2)6-7-19-14-11(17)5-4-10(16)12(14)13(15(19)21)18-9(3)20/h4-5,8,13H,6-7H2,1-3H3,(H,18,20)/t13-/m1/s1. The van der Waals surface area contributed by atoms with E-state index in [0.717, 1.165) is 6.42 Å². The van der Waals surface area contributed by atoms with Gasteiger partial charge in [-0.25, -0.2) is 0 Å². The van der Waals surface area contributed by atoms with Crippen molar-refractivity contribution in [2.24, 2.45) is 5.92 Å². The minimum atomic E-state index is -0.754. The Morgan fingerprint density at radius 2 is 1.95 bits per heavy atom. The number of halogens is 2. The highest BCUT2D eigenvalue weighted by atomic mass is 35.5. The van der Waals surface area contributed by atoms with Gasteiger partial charge in [-0.3, -0.25) is 9.59 Å². The maximum Gasteiger partial charge on any atom is 0.254 e. The average Bonchev–Trinajstić information content (AvgIpc) is 2.66. The predicted octanol–water partition coefficient (Wildman–Crippen LogP) is 3.56. The molecule has 2 rings (SSSR count). The normalized spacial score (nSPS) is 17.3. The summed E-state index contributed by atoms with van der Waals surface area (Å²) in [5, 5.41) is 3.57. The minimum absolute atomic E-state index is 0.184. The van der Waals surface area contributed by atoms with Gasteiger partial charge in [0.2, 0.25) is 5.91 Å². The van der Waals surface area contributed by atoms with Gasteiger partial charge in [0.25, 0.3) is 5.91 Å². The zero-order chi connectivity index (χ0) is 15.7. The Morgan fingerprint density at radius 3 is 2.52 bits per heavy atom. The first-order valence-corrected chi connectivity index (χ1v) is 7.65. The number of carbonyl (C=O) groups excluding carboxylic acids is 2. The SMILES string of the molecule is CC(=O)N[C@H]1C(=O)N(CCC(C)C)c2c(Cl)ccc(Cl)c21. The molecule has 1 heterocycles. The van der Waals surface area contributed by atoms with Crippen molar-refractivity contribution in [1.29, 1.82) is 0 Å². The molecular formula is C15H18Cl2N2O2. The lowest BCUT2D eigenvalue weighted by Crippen LogP contribution is -2.37. The molecule has 0 fully saturated rings. The third-order valence-electron chi connectivity index (χ3n) is 3.46. The first-order chi connectivity index (χ1) is 9.82. The molecule has 0 saturated heterocycles. The van der Waals surface area contributed by atoms with Crippen molar-refractivity contribution in [2.75, 3.05) is 11.4 Å². The summed E-state index contributed by atoms with van der Waals surface area (Å²) in [6, 6.07) is 2.57. The van der Waals surface area contributed by atoms with Gasteiger partial charge in [-0.1, -0.05) is 37.0 Å². The van der Waals surface area contributed by atoms with Crippen LogP contribution in [-0.2, 0) is 9.59 Å². The number of nitrogens with one attached hydrogen (secondary N) is 1. The van der Waals surface area contributed by atoms with E-state index in [9.17, 15) is 9.59 Å². The van der Waals surface area contributed by atoms with Crippen molar-refractivity contribution >= 4 is 40.7 Å². The molecule has 1 aromatic carbocycles. The van der Waals surface area contributed by atoms with Gasteiger partial charge in [-0.15, -0.1) is 0 Å². The van der Waals surface area contributed by atoms with Crippen LogP contribution in [0.25, 0.3) is 0 Å². The van der Waals surface area contributed by atoms with Gasteiger partial charge in [0.15, 0.2) is 0 Å². The summed E-state index contributed by atoms with van der Waals surface area (Å²) in [4.78, 5) is 25.6. The molecular weight excluding hydrogens is 311 g/mol. The summed E-state index contributed by atoms with van der Waals surface area (Å²) in [5.41, 5.74) is 1.21. The molecule has 1 aromatic rings. The summed E-state index contributed by atoms with van der Waals surface area (Å²) in [6.45, 7) is 6.11. The quantitative estimate of drug-likeness (QED) is 0.918. The van der Waals surface area contributed by atoms with Gasteiger partial charge in [-0.2, -0.15) is 0 Å². The smallest absolute Gasteiger partial charge is 0.254 e. The Morgan fingerprint density at radius 1 is 1.33 bits per heavy atom. The highest BCUT2D eigenvalue weighted by Crippen LogP contribution is 2.45. The fraction of sp³-hybridized carbons (Fsp3) is 0.467. The largest absolute Gasteiger partial charge is 0.341 e. The number of rotatable bonds is 4. The van der Waals surface area contributed by atoms with Crippen molar-refractivity contribution in [3.05, 3.63) is 27.7 Å². The molecule has 1 N–H and O–H groups in total. The van der Waals surface area contributed by atoms with Crippen LogP contribution in [0.3, 0.4) is 0 Å². The number of hydrogen-bond donors (Lipinski definition) is 1. The molecule has 0 unspecified atom stereocenters. The van der Waals surface area contributed by atoms with Crippen LogP contribution in [-0.4, -0.2) is 18.4 Å². The second-order valence-corrected chi connectivity index (χ2v) is 6.41. The first kappa shape index (κ1) is 16.1. The summed E-state index contributed by atoms with van der Waals surface area (Å²) >= 11 is 12.5. The minimum Gasteiger partial charge on any atom is -0.341 e. The topological polar surface area (TPSA) is 49.4 Å². The highest BCUT2D eigenvalue weighted by Gasteiger charge is 2.40. The Balaban J connectivity index is 2.45. The van der Waals surface area contributed by atoms with E-state index in [1.54, 1.807) is 17.0 Å². The first-order valence-electron chi connectivity index (χ1n) is 6.89. The molecule has 6 heteroatoms. The summed E-state index contributed by atoms with van der Waals surface area (Å²) in [7, 11) is 0. The van der Waals surface area contributed by atoms with Crippen molar-refractivity contribution in [3.8, 4) is 0 Å². The molecule has 4 nitrogen and oxygen atoms in total. The molecule has 0 radical (unpaired) electrons. The van der Waals surface area contributed by atoms with Crippen molar-refractivity contribution in [3.63, 3.8) is 0 Å². The fourth-order valence-corrected chi connectivity index (χ4v) is 2.97. The molecule has 1 aliphatic rings. The Labute approximate surface area is 134 Å². The zero-order valence-electron chi connectivity index (χ0n) is 12.2. The van der Waals surface area contributed by atoms with E-state index in [0.29, 0.717) is 33.8 Å². The van der Waals surface area contributed by atoms with E-state index in [4.69, 9.17) is 23.2 Å². The highest BCUT2D eigenvalue weighted by molar-refractivity contribution is 6.38. The monoisotopic (exact) mass is 328 g/mol. The average molecular weight is 329 g/mol. The van der Waals surface area contributed by atoms with Crippen LogP contribution in [0.4, 0.5) is 5.69 Å². The number of nitrogens with zero attached hydrogens (tertiary/aromatic N) is 1. The molecule has 1 aliphatic heterocycles. The van der Waals surface area contributed by atoms with Crippen molar-refractivity contribution in [2.45, 2.75) is 33.2 Å². The van der Waals surface area contributed by atoms with Gasteiger partial charge in [0.05, 0.1) is 10.7 Å². The van der Waals surface area contributed by atoms with E-state index in [1.165, 1.54) is 6.92 Å². The molecule has 0 aliphatic carbocycles. The number of hydrogen-bond acceptors (Lipinski definition) is 2. The van der Waals surface area contributed by atoms with Crippen LogP contribution < -0.4 is 10.2 Å². The second-order valence-electron chi connectivity index (χ2n) is 5.60. The third kappa shape index (κ3) is 3.16. The van der Waals surface area contributed by atoms with Crippen molar-refractivity contribution < 1.29 is 9.59 Å². The number of amides is 2. The van der Waals surface area contributed by atoms with E-state index in [-0.39, 0.29) is 11.8 Å². The van der Waals surface area contributed by atoms with Gasteiger partial charge >= 0.3 is 0 Å². The van der Waals surface area contributed by atoms with E-state index in [1.807, 2.05) is 0 Å². The Kier molecular flexibility index (Phi) is 4.79. The van der Waals surface area contributed by atoms with Crippen LogP contribution in [0.5, 0.6) is 0 Å². The number of anilines is 1. The summed E-state index contributed by atoms with van der Waals surface area (Å²) < 4.78 is 0. The molecule has 0 spiro atoms. The number of carbonyl (C=O) groups is 2. The molecule has 2 amide bonds.